The molecule has 0 bridgehead atoms. The van der Waals surface area contributed by atoms with E-state index in [1.165, 1.54) is 11.1 Å². The molecule has 2 amide bonds. The van der Waals surface area contributed by atoms with Crippen LogP contribution in [0, 0.1) is 0 Å². The maximum Gasteiger partial charge on any atom is 0.407 e. The normalized spacial score (nSPS) is 26.5. The first kappa shape index (κ1) is 20.0. The minimum Gasteiger partial charge on any atom is -0.446 e. The van der Waals surface area contributed by atoms with E-state index >= 15 is 0 Å². The maximum atomic E-state index is 12.3. The van der Waals surface area contributed by atoms with Crippen LogP contribution in [0.25, 0.3) is 0 Å². The van der Waals surface area contributed by atoms with Crippen LogP contribution in [0.3, 0.4) is 0 Å². The Labute approximate surface area is 180 Å². The van der Waals surface area contributed by atoms with Gasteiger partial charge < -0.3 is 20.1 Å². The lowest BCUT2D eigenvalue weighted by Gasteiger charge is -2.37. The van der Waals surface area contributed by atoms with Gasteiger partial charge in [-0.1, -0.05) is 0 Å². The van der Waals surface area contributed by atoms with E-state index in [1.54, 1.807) is 19.3 Å². The van der Waals surface area contributed by atoms with E-state index in [2.05, 4.69) is 25.9 Å². The Hall–Kier alpha value is -2.88. The molecule has 2 aromatic heterocycles. The molecule has 3 atom stereocenters. The van der Waals surface area contributed by atoms with Crippen LogP contribution in [0.5, 0.6) is 0 Å². The molecule has 2 aromatic rings. The molecule has 5 rings (SSSR count). The molecule has 166 valence electrons. The predicted molar refractivity (Wildman–Crippen MR) is 111 cm³/mol. The predicted octanol–water partition coefficient (Wildman–Crippen LogP) is 2.47. The fraction of sp³-hybridized carbons (Fsp3) is 0.619. The minimum atomic E-state index is -0.357. The van der Waals surface area contributed by atoms with Crippen molar-refractivity contribution >= 4 is 17.8 Å². The van der Waals surface area contributed by atoms with E-state index in [4.69, 9.17) is 9.47 Å². The number of hydrogen-bond acceptors (Lipinski definition) is 6. The fourth-order valence-electron chi connectivity index (χ4n) is 4.93. The number of aryl methyl sites for hydroxylation is 1. The number of ether oxygens (including phenoxy) is 2. The van der Waals surface area contributed by atoms with Crippen LogP contribution in [-0.2, 0) is 16.5 Å². The third-order valence-electron chi connectivity index (χ3n) is 6.79. The molecule has 2 saturated carbocycles. The molecule has 10 nitrogen and oxygen atoms in total. The summed E-state index contributed by atoms with van der Waals surface area (Å²) in [6.07, 6.45) is 7.81. The number of nitrogens with one attached hydrogen (secondary N) is 3. The smallest absolute Gasteiger partial charge is 0.407 e. The number of carbonyl (C=O) groups is 2. The maximum absolute atomic E-state index is 12.3. The van der Waals surface area contributed by atoms with Crippen LogP contribution in [-0.4, -0.2) is 56.3 Å². The molecule has 1 saturated heterocycles. The molecule has 3 heterocycles. The van der Waals surface area contributed by atoms with E-state index in [-0.39, 0.29) is 35.7 Å². The second-order valence-electron chi connectivity index (χ2n) is 8.93. The van der Waals surface area contributed by atoms with Crippen molar-refractivity contribution in [2.75, 3.05) is 11.9 Å². The Kier molecular flexibility index (Phi) is 5.17. The Bertz CT molecular complexity index is 965. The first-order valence-corrected chi connectivity index (χ1v) is 11.0. The van der Waals surface area contributed by atoms with Gasteiger partial charge in [0, 0.05) is 30.9 Å². The van der Waals surface area contributed by atoms with Crippen molar-refractivity contribution in [3.63, 3.8) is 0 Å². The van der Waals surface area contributed by atoms with Gasteiger partial charge in [-0.15, -0.1) is 0 Å². The largest absolute Gasteiger partial charge is 0.446 e. The molecule has 31 heavy (non-hydrogen) atoms. The molecule has 1 spiro atoms. The average molecular weight is 428 g/mol. The summed E-state index contributed by atoms with van der Waals surface area (Å²) in [7, 11) is 1.71. The van der Waals surface area contributed by atoms with Gasteiger partial charge in [-0.2, -0.15) is 10.2 Å². The van der Waals surface area contributed by atoms with Crippen molar-refractivity contribution in [1.82, 2.24) is 25.3 Å². The Balaban J connectivity index is 1.09. The van der Waals surface area contributed by atoms with Crippen molar-refractivity contribution in [2.45, 2.75) is 68.6 Å². The van der Waals surface area contributed by atoms with Gasteiger partial charge in [-0.25, -0.2) is 4.79 Å². The Morgan fingerprint density at radius 1 is 1.35 bits per heavy atom. The van der Waals surface area contributed by atoms with Crippen molar-refractivity contribution in [3.05, 3.63) is 29.7 Å². The van der Waals surface area contributed by atoms with Gasteiger partial charge in [0.25, 0.3) is 5.91 Å². The lowest BCUT2D eigenvalue weighted by atomic mass is 9.77. The minimum absolute atomic E-state index is 0.0148. The van der Waals surface area contributed by atoms with Gasteiger partial charge in [0.05, 0.1) is 18.2 Å². The van der Waals surface area contributed by atoms with Gasteiger partial charge in [0.15, 0.2) is 5.82 Å². The second-order valence-corrected chi connectivity index (χ2v) is 8.93. The molecule has 3 N–H and O–H groups in total. The highest BCUT2D eigenvalue weighted by atomic mass is 16.6. The highest BCUT2D eigenvalue weighted by molar-refractivity contribution is 6.02. The molecule has 0 radical (unpaired) electrons. The SMILES string of the molecule is Cn1nccc1C(=O)Nc1cc([C@H]2CC[C@@H](OC(=O)N[C@@H]3COC4(CCC4)C3)C2)[nH]n1. The number of anilines is 1. The highest BCUT2D eigenvalue weighted by Gasteiger charge is 2.45. The van der Waals surface area contributed by atoms with E-state index in [0.717, 1.165) is 44.2 Å². The van der Waals surface area contributed by atoms with E-state index in [1.807, 2.05) is 6.07 Å². The van der Waals surface area contributed by atoms with Crippen LogP contribution < -0.4 is 10.6 Å². The van der Waals surface area contributed by atoms with Crippen molar-refractivity contribution in [1.29, 1.82) is 0 Å². The molecule has 3 aliphatic rings. The van der Waals surface area contributed by atoms with E-state index < -0.39 is 0 Å². The van der Waals surface area contributed by atoms with Crippen molar-refractivity contribution < 1.29 is 19.1 Å². The molecule has 10 heteroatoms. The van der Waals surface area contributed by atoms with Crippen molar-refractivity contribution in [2.24, 2.45) is 7.05 Å². The summed E-state index contributed by atoms with van der Waals surface area (Å²) < 4.78 is 13.0. The standard InChI is InChI=1S/C21H28N6O4/c1-27-17(5-8-22-27)19(28)24-18-10-16(25-26-18)13-3-4-15(9-13)31-20(29)23-14-11-21(30-12-14)6-2-7-21/h5,8,10,13-15H,2-4,6-7,9,11-12H2,1H3,(H,23,29)(H2,24,25,26,28)/t13-,14-,15+/m0/s1. The summed E-state index contributed by atoms with van der Waals surface area (Å²) in [6, 6.07) is 3.54. The molecule has 1 aliphatic heterocycles. The lowest BCUT2D eigenvalue weighted by molar-refractivity contribution is -0.0563. The zero-order valence-electron chi connectivity index (χ0n) is 17.6. The lowest BCUT2D eigenvalue weighted by Crippen LogP contribution is -2.40. The number of rotatable bonds is 5. The van der Waals surface area contributed by atoms with Crippen molar-refractivity contribution in [3.8, 4) is 0 Å². The number of alkyl carbamates (subject to hydrolysis) is 1. The van der Waals surface area contributed by atoms with Gasteiger partial charge >= 0.3 is 6.09 Å². The number of hydrogen-bond donors (Lipinski definition) is 3. The number of aromatic amines is 1. The van der Waals surface area contributed by atoms with Crippen LogP contribution in [0.1, 0.15) is 67.0 Å². The van der Waals surface area contributed by atoms with Gasteiger partial charge in [0.2, 0.25) is 0 Å². The van der Waals surface area contributed by atoms with Crippen LogP contribution in [0.2, 0.25) is 0 Å². The molecule has 0 unspecified atom stereocenters. The third kappa shape index (κ3) is 4.16. The average Bonchev–Trinajstić information content (AvgIpc) is 3.47. The third-order valence-corrected chi connectivity index (χ3v) is 6.79. The summed E-state index contributed by atoms with van der Waals surface area (Å²) >= 11 is 0. The summed E-state index contributed by atoms with van der Waals surface area (Å²) in [6.45, 7) is 0.573. The van der Waals surface area contributed by atoms with Gasteiger partial charge in [0.1, 0.15) is 11.8 Å². The number of amides is 2. The summed E-state index contributed by atoms with van der Waals surface area (Å²) in [5.41, 5.74) is 1.41. The Morgan fingerprint density at radius 2 is 2.23 bits per heavy atom. The molecular weight excluding hydrogens is 400 g/mol. The van der Waals surface area contributed by atoms with Crippen LogP contribution >= 0.6 is 0 Å². The molecule has 3 fully saturated rings. The highest BCUT2D eigenvalue weighted by Crippen LogP contribution is 2.43. The second kappa shape index (κ2) is 7.99. The zero-order chi connectivity index (χ0) is 21.4. The summed E-state index contributed by atoms with van der Waals surface area (Å²) in [4.78, 5) is 24.6. The quantitative estimate of drug-likeness (QED) is 0.672. The molecule has 0 aromatic carbocycles. The first-order chi connectivity index (χ1) is 15.0. The number of aromatic nitrogens is 4. The van der Waals surface area contributed by atoms with Gasteiger partial charge in [-0.3, -0.25) is 14.6 Å². The summed E-state index contributed by atoms with van der Waals surface area (Å²) in [5.74, 6) is 0.414. The molecule has 2 aliphatic carbocycles. The first-order valence-electron chi connectivity index (χ1n) is 11.0. The zero-order valence-corrected chi connectivity index (χ0v) is 17.6. The van der Waals surface area contributed by atoms with E-state index in [0.29, 0.717) is 18.1 Å². The Morgan fingerprint density at radius 3 is 2.94 bits per heavy atom. The van der Waals surface area contributed by atoms with E-state index in [9.17, 15) is 9.59 Å². The molecular formula is C21H28N6O4. The fourth-order valence-corrected chi connectivity index (χ4v) is 4.93. The summed E-state index contributed by atoms with van der Waals surface area (Å²) in [5, 5.41) is 17.0. The van der Waals surface area contributed by atoms with Gasteiger partial charge in [-0.05, 0) is 51.0 Å². The number of carbonyl (C=O) groups excluding carboxylic acids is 2. The monoisotopic (exact) mass is 428 g/mol. The van der Waals surface area contributed by atoms with Crippen LogP contribution in [0.15, 0.2) is 18.3 Å². The topological polar surface area (TPSA) is 123 Å². The van der Waals surface area contributed by atoms with Crippen LogP contribution in [0.4, 0.5) is 10.6 Å². The number of H-pyrrole nitrogens is 1. The number of nitrogens with zero attached hydrogens (tertiary/aromatic N) is 3.